The van der Waals surface area contributed by atoms with Crippen LogP contribution in [0.5, 0.6) is 0 Å². The topological polar surface area (TPSA) is 92.7 Å². The van der Waals surface area contributed by atoms with Crippen molar-refractivity contribution in [2.24, 2.45) is 11.8 Å². The highest BCUT2D eigenvalue weighted by atomic mass is 16.6. The lowest BCUT2D eigenvalue weighted by Crippen LogP contribution is -2.48. The van der Waals surface area contributed by atoms with E-state index in [1.807, 2.05) is 38.1 Å². The van der Waals surface area contributed by atoms with E-state index in [4.69, 9.17) is 4.74 Å². The normalized spacial score (nSPS) is 13.8. The summed E-state index contributed by atoms with van der Waals surface area (Å²) in [5.74, 6) is -3.24. The van der Waals surface area contributed by atoms with Crippen molar-refractivity contribution in [3.05, 3.63) is 35.4 Å². The number of aliphatic carboxylic acids is 1. The molecule has 2 atom stereocenters. The Morgan fingerprint density at radius 1 is 1.03 bits per heavy atom. The second kappa shape index (κ2) is 10.4. The zero-order valence-corrected chi connectivity index (χ0v) is 18.6. The molecule has 29 heavy (non-hydrogen) atoms. The maximum atomic E-state index is 12.7. The predicted molar refractivity (Wildman–Crippen MR) is 113 cm³/mol. The van der Waals surface area contributed by atoms with Gasteiger partial charge in [-0.25, -0.2) is 4.79 Å². The van der Waals surface area contributed by atoms with Crippen LogP contribution in [-0.4, -0.2) is 34.6 Å². The van der Waals surface area contributed by atoms with E-state index < -0.39 is 35.4 Å². The maximum absolute atomic E-state index is 12.7. The zero-order valence-electron chi connectivity index (χ0n) is 18.6. The molecule has 6 heteroatoms. The largest absolute Gasteiger partial charge is 0.481 e. The molecule has 2 N–H and O–H groups in total. The molecule has 1 aromatic rings. The summed E-state index contributed by atoms with van der Waals surface area (Å²) in [5.41, 5.74) is 1.21. The number of carboxylic acids is 1. The van der Waals surface area contributed by atoms with Crippen molar-refractivity contribution < 1.29 is 24.2 Å². The van der Waals surface area contributed by atoms with Gasteiger partial charge in [0.25, 0.3) is 0 Å². The molecule has 0 saturated heterocycles. The minimum Gasteiger partial charge on any atom is -0.481 e. The van der Waals surface area contributed by atoms with Gasteiger partial charge >= 0.3 is 11.9 Å². The van der Waals surface area contributed by atoms with Crippen molar-refractivity contribution in [3.63, 3.8) is 0 Å². The number of hydrogen-bond acceptors (Lipinski definition) is 4. The zero-order chi connectivity index (χ0) is 22.4. The van der Waals surface area contributed by atoms with Crippen LogP contribution < -0.4 is 5.32 Å². The minimum atomic E-state index is -1.28. The summed E-state index contributed by atoms with van der Waals surface area (Å²) in [6.07, 6.45) is 0.429. The average Bonchev–Trinajstić information content (AvgIpc) is 2.57. The van der Waals surface area contributed by atoms with Gasteiger partial charge in [0, 0.05) is 0 Å². The first-order valence-corrected chi connectivity index (χ1v) is 10.1. The van der Waals surface area contributed by atoms with Crippen molar-refractivity contribution in [1.29, 1.82) is 0 Å². The summed E-state index contributed by atoms with van der Waals surface area (Å²) in [6.45, 7) is 13.3. The molecule has 0 bridgehead atoms. The van der Waals surface area contributed by atoms with Crippen LogP contribution in [0.25, 0.3) is 0 Å². The first-order valence-electron chi connectivity index (χ1n) is 10.1. The Morgan fingerprint density at radius 2 is 1.59 bits per heavy atom. The van der Waals surface area contributed by atoms with Crippen molar-refractivity contribution in [2.45, 2.75) is 78.9 Å². The number of carbonyl (C=O) groups excluding carboxylic acids is 2. The van der Waals surface area contributed by atoms with Crippen molar-refractivity contribution in [3.8, 4) is 0 Å². The Kier molecular flexibility index (Phi) is 8.86. The van der Waals surface area contributed by atoms with Crippen LogP contribution in [-0.2, 0) is 25.5 Å². The summed E-state index contributed by atoms with van der Waals surface area (Å²) in [7, 11) is 0. The molecule has 1 aromatic carbocycles. The van der Waals surface area contributed by atoms with Crippen molar-refractivity contribution in [2.75, 3.05) is 0 Å². The summed E-state index contributed by atoms with van der Waals surface area (Å²) >= 11 is 0. The van der Waals surface area contributed by atoms with Gasteiger partial charge in [0.1, 0.15) is 17.6 Å². The van der Waals surface area contributed by atoms with Gasteiger partial charge in [-0.2, -0.15) is 0 Å². The quantitative estimate of drug-likeness (QED) is 0.480. The first-order chi connectivity index (χ1) is 13.3. The van der Waals surface area contributed by atoms with Crippen LogP contribution in [0.2, 0.25) is 0 Å². The molecule has 0 saturated carbocycles. The number of rotatable bonds is 9. The third-order valence-electron chi connectivity index (χ3n) is 4.42. The van der Waals surface area contributed by atoms with Gasteiger partial charge in [-0.1, -0.05) is 52.0 Å². The monoisotopic (exact) mass is 405 g/mol. The SMILES string of the molecule is CC(C)CC(NC(=O)C(Cc1ccc(C(C)C)cc1)C(=O)O)C(=O)OC(C)(C)C. The number of hydrogen-bond donors (Lipinski definition) is 2. The molecule has 1 amide bonds. The second-order valence-electron chi connectivity index (χ2n) is 9.22. The van der Waals surface area contributed by atoms with Gasteiger partial charge in [-0.3, -0.25) is 9.59 Å². The summed E-state index contributed by atoms with van der Waals surface area (Å²) in [5, 5.41) is 12.2. The molecule has 162 valence electrons. The highest BCUT2D eigenvalue weighted by Gasteiger charge is 2.32. The first kappa shape index (κ1) is 24.7. The van der Waals surface area contributed by atoms with E-state index in [0.29, 0.717) is 12.3 Å². The lowest BCUT2D eigenvalue weighted by atomic mass is 9.95. The van der Waals surface area contributed by atoms with Crippen LogP contribution in [0.3, 0.4) is 0 Å². The summed E-state index contributed by atoms with van der Waals surface area (Å²) < 4.78 is 5.39. The third kappa shape index (κ3) is 8.67. The fraction of sp³-hybridized carbons (Fsp3) is 0.609. The lowest BCUT2D eigenvalue weighted by Gasteiger charge is -2.26. The summed E-state index contributed by atoms with van der Waals surface area (Å²) in [6, 6.07) is 6.70. The van der Waals surface area contributed by atoms with Gasteiger partial charge in [0.15, 0.2) is 0 Å². The molecular formula is C23H35NO5. The molecule has 6 nitrogen and oxygen atoms in total. The number of esters is 1. The highest BCUT2D eigenvalue weighted by Crippen LogP contribution is 2.18. The minimum absolute atomic E-state index is 0.0578. The molecule has 0 aliphatic heterocycles. The number of carbonyl (C=O) groups is 3. The standard InChI is InChI=1S/C23H35NO5/c1-14(2)12-19(22(28)29-23(5,6)7)24-20(25)18(21(26)27)13-16-8-10-17(11-9-16)15(3)4/h8-11,14-15,18-19H,12-13H2,1-7H3,(H,24,25)(H,26,27). The van der Waals surface area contributed by atoms with E-state index >= 15 is 0 Å². The fourth-order valence-electron chi connectivity index (χ4n) is 2.90. The van der Waals surface area contributed by atoms with E-state index in [1.165, 1.54) is 0 Å². The molecule has 2 unspecified atom stereocenters. The summed E-state index contributed by atoms with van der Waals surface area (Å²) in [4.78, 5) is 37.0. The van der Waals surface area contributed by atoms with E-state index in [2.05, 4.69) is 19.2 Å². The van der Waals surface area contributed by atoms with Crippen LogP contribution in [0, 0.1) is 11.8 Å². The number of carboxylic acid groups (broad SMARTS) is 1. The number of amides is 1. The molecule has 0 heterocycles. The van der Waals surface area contributed by atoms with Gasteiger partial charge in [0.2, 0.25) is 5.91 Å². The van der Waals surface area contributed by atoms with E-state index in [1.54, 1.807) is 20.8 Å². The van der Waals surface area contributed by atoms with Crippen LogP contribution in [0.1, 0.15) is 71.9 Å². The molecular weight excluding hydrogens is 370 g/mol. The van der Waals surface area contributed by atoms with E-state index in [9.17, 15) is 19.5 Å². The van der Waals surface area contributed by atoms with Gasteiger partial charge in [-0.05, 0) is 56.6 Å². The van der Waals surface area contributed by atoms with Crippen molar-refractivity contribution >= 4 is 17.8 Å². The Hall–Kier alpha value is -2.37. The Bertz CT molecular complexity index is 701. The predicted octanol–water partition coefficient (Wildman–Crippen LogP) is 3.93. The molecule has 0 fully saturated rings. The Morgan fingerprint density at radius 3 is 2.00 bits per heavy atom. The van der Waals surface area contributed by atoms with Crippen LogP contribution in [0.4, 0.5) is 0 Å². The highest BCUT2D eigenvalue weighted by molar-refractivity contribution is 5.98. The molecule has 0 aromatic heterocycles. The third-order valence-corrected chi connectivity index (χ3v) is 4.42. The Labute approximate surface area is 174 Å². The number of ether oxygens (including phenoxy) is 1. The maximum Gasteiger partial charge on any atom is 0.329 e. The molecule has 0 aliphatic carbocycles. The molecule has 0 aliphatic rings. The second-order valence-corrected chi connectivity index (χ2v) is 9.22. The smallest absolute Gasteiger partial charge is 0.329 e. The van der Waals surface area contributed by atoms with Gasteiger partial charge < -0.3 is 15.2 Å². The lowest BCUT2D eigenvalue weighted by molar-refractivity contribution is -0.160. The van der Waals surface area contributed by atoms with Crippen molar-refractivity contribution in [1.82, 2.24) is 5.32 Å². The van der Waals surface area contributed by atoms with Gasteiger partial charge in [-0.15, -0.1) is 0 Å². The van der Waals surface area contributed by atoms with Crippen LogP contribution in [0.15, 0.2) is 24.3 Å². The van der Waals surface area contributed by atoms with E-state index in [0.717, 1.165) is 11.1 Å². The number of benzene rings is 1. The average molecular weight is 406 g/mol. The molecule has 1 rings (SSSR count). The fourth-order valence-corrected chi connectivity index (χ4v) is 2.90. The number of nitrogens with one attached hydrogen (secondary N) is 1. The Balaban J connectivity index is 2.94. The molecule has 0 radical (unpaired) electrons. The van der Waals surface area contributed by atoms with Crippen LogP contribution >= 0.6 is 0 Å². The molecule has 0 spiro atoms. The van der Waals surface area contributed by atoms with E-state index in [-0.39, 0.29) is 12.3 Å². The van der Waals surface area contributed by atoms with Gasteiger partial charge in [0.05, 0.1) is 0 Å².